The van der Waals surface area contributed by atoms with E-state index in [1.807, 2.05) is 26.0 Å². The molecular formula is C10H9BrClNO. The Labute approximate surface area is 96.1 Å². The van der Waals surface area contributed by atoms with E-state index >= 15 is 0 Å². The lowest BCUT2D eigenvalue weighted by Crippen LogP contribution is -2.13. The van der Waals surface area contributed by atoms with Crippen molar-refractivity contribution in [1.29, 1.82) is 0 Å². The fourth-order valence-corrected chi connectivity index (χ4v) is 2.06. The zero-order valence-corrected chi connectivity index (χ0v) is 10.2. The first-order chi connectivity index (χ1) is 6.47. The van der Waals surface area contributed by atoms with Crippen molar-refractivity contribution in [3.63, 3.8) is 0 Å². The zero-order valence-electron chi connectivity index (χ0n) is 7.84. The number of nitrogens with zero attached hydrogens (tertiary/aromatic N) is 1. The number of halogens is 2. The molecule has 1 aromatic carbocycles. The first kappa shape index (κ1) is 11.4. The average molecular weight is 275 g/mol. The lowest BCUT2D eigenvalue weighted by molar-refractivity contribution is 0.523. The molecule has 0 heterocycles. The summed E-state index contributed by atoms with van der Waals surface area (Å²) in [5.74, 6) is 0. The monoisotopic (exact) mass is 273 g/mol. The topological polar surface area (TPSA) is 29.4 Å². The number of rotatable bonds is 2. The maximum absolute atomic E-state index is 10.2. The van der Waals surface area contributed by atoms with E-state index < -0.39 is 5.54 Å². The van der Waals surface area contributed by atoms with Crippen molar-refractivity contribution in [2.24, 2.45) is 4.99 Å². The molecule has 1 rings (SSSR count). The summed E-state index contributed by atoms with van der Waals surface area (Å²) in [4.78, 5) is 13.9. The third kappa shape index (κ3) is 2.44. The van der Waals surface area contributed by atoms with Crippen LogP contribution in [0.15, 0.2) is 27.7 Å². The molecule has 0 aromatic heterocycles. The van der Waals surface area contributed by atoms with Crippen molar-refractivity contribution in [1.82, 2.24) is 0 Å². The summed E-state index contributed by atoms with van der Waals surface area (Å²) in [6.45, 7) is 3.63. The normalized spacial score (nSPS) is 10.9. The molecule has 74 valence electrons. The lowest BCUT2D eigenvalue weighted by Gasteiger charge is -2.19. The van der Waals surface area contributed by atoms with Crippen LogP contribution in [-0.4, -0.2) is 6.08 Å². The number of hydrogen-bond acceptors (Lipinski definition) is 2. The van der Waals surface area contributed by atoms with E-state index in [2.05, 4.69) is 20.9 Å². The summed E-state index contributed by atoms with van der Waals surface area (Å²) < 4.78 is 0.900. The largest absolute Gasteiger partial charge is 0.235 e. The van der Waals surface area contributed by atoms with Crippen molar-refractivity contribution < 1.29 is 4.79 Å². The minimum Gasteiger partial charge on any atom is -0.211 e. The minimum atomic E-state index is -0.625. The van der Waals surface area contributed by atoms with Crippen LogP contribution in [0.4, 0.5) is 0 Å². The third-order valence-corrected chi connectivity index (χ3v) is 2.72. The molecule has 4 heteroatoms. The maximum Gasteiger partial charge on any atom is 0.235 e. The second kappa shape index (κ2) is 4.26. The van der Waals surface area contributed by atoms with Gasteiger partial charge in [-0.25, -0.2) is 4.79 Å². The Bertz CT molecular complexity index is 397. The van der Waals surface area contributed by atoms with Crippen molar-refractivity contribution in [3.05, 3.63) is 33.3 Å². The van der Waals surface area contributed by atoms with Crippen LogP contribution in [0.5, 0.6) is 0 Å². The Hall–Kier alpha value is -0.630. The summed E-state index contributed by atoms with van der Waals surface area (Å²) in [6, 6.07) is 5.48. The SMILES string of the molecule is CC(C)(N=C=O)c1ccc(Br)cc1Cl. The molecular weight excluding hydrogens is 265 g/mol. The summed E-state index contributed by atoms with van der Waals surface area (Å²) >= 11 is 9.34. The Balaban J connectivity index is 3.25. The molecule has 0 atom stereocenters. The van der Waals surface area contributed by atoms with Crippen LogP contribution in [-0.2, 0) is 10.3 Å². The molecule has 0 aliphatic carbocycles. The molecule has 1 aromatic rings. The van der Waals surface area contributed by atoms with Crippen molar-refractivity contribution in [2.75, 3.05) is 0 Å². The highest BCUT2D eigenvalue weighted by Crippen LogP contribution is 2.32. The number of aliphatic imine (C=N–C) groups is 1. The van der Waals surface area contributed by atoms with E-state index in [1.54, 1.807) is 12.1 Å². The predicted octanol–water partition coefficient (Wildman–Crippen LogP) is 3.67. The van der Waals surface area contributed by atoms with E-state index in [-0.39, 0.29) is 0 Å². The van der Waals surface area contributed by atoms with Crippen LogP contribution < -0.4 is 0 Å². The van der Waals surface area contributed by atoms with Gasteiger partial charge in [-0.3, -0.25) is 0 Å². The molecule has 0 bridgehead atoms. The fraction of sp³-hybridized carbons (Fsp3) is 0.300. The van der Waals surface area contributed by atoms with Crippen LogP contribution in [0.2, 0.25) is 5.02 Å². The molecule has 0 saturated heterocycles. The second-order valence-corrected chi connectivity index (χ2v) is 4.71. The van der Waals surface area contributed by atoms with Gasteiger partial charge in [-0.15, -0.1) is 0 Å². The van der Waals surface area contributed by atoms with Gasteiger partial charge in [-0.1, -0.05) is 33.6 Å². The molecule has 0 N–H and O–H groups in total. The zero-order chi connectivity index (χ0) is 10.8. The number of hydrogen-bond donors (Lipinski definition) is 0. The van der Waals surface area contributed by atoms with Crippen molar-refractivity contribution in [3.8, 4) is 0 Å². The minimum absolute atomic E-state index is 0.586. The van der Waals surface area contributed by atoms with Crippen molar-refractivity contribution in [2.45, 2.75) is 19.4 Å². The van der Waals surface area contributed by atoms with Crippen LogP contribution in [0.25, 0.3) is 0 Å². The molecule has 0 unspecified atom stereocenters. The Morgan fingerprint density at radius 3 is 2.64 bits per heavy atom. The molecule has 0 fully saturated rings. The van der Waals surface area contributed by atoms with E-state index in [4.69, 9.17) is 11.6 Å². The summed E-state index contributed by atoms with van der Waals surface area (Å²) in [7, 11) is 0. The van der Waals surface area contributed by atoms with E-state index in [1.165, 1.54) is 0 Å². The van der Waals surface area contributed by atoms with Gasteiger partial charge in [0.1, 0.15) is 0 Å². The quantitative estimate of drug-likeness (QED) is 0.597. The third-order valence-electron chi connectivity index (χ3n) is 1.92. The molecule has 0 amide bonds. The van der Waals surface area contributed by atoms with Gasteiger partial charge in [0.15, 0.2) is 0 Å². The first-order valence-electron chi connectivity index (χ1n) is 4.02. The highest BCUT2D eigenvalue weighted by Gasteiger charge is 2.22. The average Bonchev–Trinajstić information content (AvgIpc) is 2.02. The summed E-state index contributed by atoms with van der Waals surface area (Å²) in [6.07, 6.45) is 1.55. The number of isocyanates is 1. The fourth-order valence-electron chi connectivity index (χ4n) is 1.16. The smallest absolute Gasteiger partial charge is 0.211 e. The predicted molar refractivity (Wildman–Crippen MR) is 60.3 cm³/mol. The van der Waals surface area contributed by atoms with E-state index in [9.17, 15) is 4.79 Å². The first-order valence-corrected chi connectivity index (χ1v) is 5.19. The summed E-state index contributed by atoms with van der Waals surface area (Å²) in [5, 5.41) is 0.586. The van der Waals surface area contributed by atoms with Gasteiger partial charge in [0, 0.05) is 9.50 Å². The van der Waals surface area contributed by atoms with E-state index in [0.29, 0.717) is 5.02 Å². The van der Waals surface area contributed by atoms with Crippen molar-refractivity contribution >= 4 is 33.6 Å². The van der Waals surface area contributed by atoms with Gasteiger partial charge >= 0.3 is 0 Å². The molecule has 0 saturated carbocycles. The Morgan fingerprint density at radius 1 is 1.50 bits per heavy atom. The van der Waals surface area contributed by atoms with Crippen LogP contribution in [0.3, 0.4) is 0 Å². The molecule has 0 spiro atoms. The van der Waals surface area contributed by atoms with Gasteiger partial charge in [-0.05, 0) is 31.5 Å². The van der Waals surface area contributed by atoms with Crippen LogP contribution in [0.1, 0.15) is 19.4 Å². The molecule has 0 aliphatic heterocycles. The second-order valence-electron chi connectivity index (χ2n) is 3.39. The Morgan fingerprint density at radius 2 is 2.14 bits per heavy atom. The maximum atomic E-state index is 10.2. The molecule has 0 radical (unpaired) electrons. The molecule has 0 aliphatic rings. The van der Waals surface area contributed by atoms with Crippen LogP contribution >= 0.6 is 27.5 Å². The van der Waals surface area contributed by atoms with Gasteiger partial charge < -0.3 is 0 Å². The van der Waals surface area contributed by atoms with E-state index in [0.717, 1.165) is 10.0 Å². The van der Waals surface area contributed by atoms with Gasteiger partial charge in [0.05, 0.1) is 5.54 Å². The molecule has 2 nitrogen and oxygen atoms in total. The number of carbonyl (C=O) groups excluding carboxylic acids is 1. The Kier molecular flexibility index (Phi) is 3.48. The standard InChI is InChI=1S/C10H9BrClNO/c1-10(2,13-6-14)8-4-3-7(11)5-9(8)12/h3-5H,1-2H3. The van der Waals surface area contributed by atoms with Crippen LogP contribution in [0, 0.1) is 0 Å². The number of benzene rings is 1. The lowest BCUT2D eigenvalue weighted by atomic mass is 9.95. The summed E-state index contributed by atoms with van der Waals surface area (Å²) in [5.41, 5.74) is 0.185. The molecule has 14 heavy (non-hydrogen) atoms. The highest BCUT2D eigenvalue weighted by molar-refractivity contribution is 9.10. The highest BCUT2D eigenvalue weighted by atomic mass is 79.9. The van der Waals surface area contributed by atoms with Gasteiger partial charge in [0.25, 0.3) is 0 Å². The van der Waals surface area contributed by atoms with Gasteiger partial charge in [0.2, 0.25) is 6.08 Å². The van der Waals surface area contributed by atoms with Gasteiger partial charge in [-0.2, -0.15) is 4.99 Å².